The van der Waals surface area contributed by atoms with Gasteiger partial charge in [-0.3, -0.25) is 9.59 Å². The van der Waals surface area contributed by atoms with Crippen molar-refractivity contribution in [2.45, 2.75) is 45.1 Å². The number of hydrogen-bond donors (Lipinski definition) is 3. The highest BCUT2D eigenvalue weighted by molar-refractivity contribution is 5.79. The average molecular weight is 297 g/mol. The predicted molar refractivity (Wildman–Crippen MR) is 75.7 cm³/mol. The van der Waals surface area contributed by atoms with E-state index in [-0.39, 0.29) is 24.5 Å². The van der Waals surface area contributed by atoms with Crippen molar-refractivity contribution in [2.75, 3.05) is 19.6 Å². The summed E-state index contributed by atoms with van der Waals surface area (Å²) in [6, 6.07) is -0.247. The van der Waals surface area contributed by atoms with Crippen LogP contribution < -0.4 is 10.6 Å². The third-order valence-corrected chi connectivity index (χ3v) is 4.48. The van der Waals surface area contributed by atoms with Crippen molar-refractivity contribution in [3.8, 4) is 0 Å². The minimum atomic E-state index is -0.821. The van der Waals surface area contributed by atoms with E-state index in [4.69, 9.17) is 0 Å². The zero-order valence-electron chi connectivity index (χ0n) is 12.4. The number of aliphatic carboxylic acids is 1. The monoisotopic (exact) mass is 297 g/mol. The van der Waals surface area contributed by atoms with E-state index in [0.29, 0.717) is 25.9 Å². The molecule has 0 aromatic carbocycles. The number of hydrogen-bond acceptors (Lipinski definition) is 3. The number of amides is 3. The molecular weight excluding hydrogens is 274 g/mol. The molecule has 2 rings (SSSR count). The Morgan fingerprint density at radius 1 is 1.29 bits per heavy atom. The molecule has 0 bridgehead atoms. The van der Waals surface area contributed by atoms with Gasteiger partial charge in [-0.25, -0.2) is 4.79 Å². The van der Waals surface area contributed by atoms with Crippen molar-refractivity contribution in [1.29, 1.82) is 0 Å². The topological polar surface area (TPSA) is 98.7 Å². The Hall–Kier alpha value is -1.79. The number of nitrogens with zero attached hydrogens (tertiary/aromatic N) is 1. The number of carbonyl (C=O) groups is 3. The second-order valence-corrected chi connectivity index (χ2v) is 6.08. The van der Waals surface area contributed by atoms with Gasteiger partial charge >= 0.3 is 12.0 Å². The third kappa shape index (κ3) is 3.65. The molecule has 1 saturated carbocycles. The van der Waals surface area contributed by atoms with Crippen molar-refractivity contribution in [3.05, 3.63) is 0 Å². The third-order valence-electron chi connectivity index (χ3n) is 4.48. The molecule has 0 aromatic heterocycles. The first-order valence-electron chi connectivity index (χ1n) is 7.46. The fourth-order valence-electron chi connectivity index (χ4n) is 3.22. The SMILES string of the molecule is CC(=O)NC1CCN(C(=O)NCC2(C(=O)O)CCCC2)C1. The molecule has 3 amide bonds. The van der Waals surface area contributed by atoms with Gasteiger partial charge < -0.3 is 20.6 Å². The van der Waals surface area contributed by atoms with E-state index >= 15 is 0 Å². The molecule has 118 valence electrons. The number of carboxylic acid groups (broad SMARTS) is 1. The van der Waals surface area contributed by atoms with E-state index in [9.17, 15) is 19.5 Å². The molecule has 7 nitrogen and oxygen atoms in total. The molecule has 3 N–H and O–H groups in total. The highest BCUT2D eigenvalue weighted by Gasteiger charge is 2.42. The van der Waals surface area contributed by atoms with Crippen LogP contribution in [0.1, 0.15) is 39.0 Å². The van der Waals surface area contributed by atoms with E-state index in [1.165, 1.54) is 6.92 Å². The summed E-state index contributed by atoms with van der Waals surface area (Å²) in [7, 11) is 0. The molecule has 1 heterocycles. The summed E-state index contributed by atoms with van der Waals surface area (Å²) in [6.45, 7) is 2.70. The summed E-state index contributed by atoms with van der Waals surface area (Å²) in [4.78, 5) is 36.2. The number of carboxylic acids is 1. The summed E-state index contributed by atoms with van der Waals surface area (Å²) in [5, 5.41) is 14.9. The highest BCUT2D eigenvalue weighted by Crippen LogP contribution is 2.37. The van der Waals surface area contributed by atoms with Crippen LogP contribution in [0.15, 0.2) is 0 Å². The molecule has 0 aromatic rings. The Morgan fingerprint density at radius 2 is 1.95 bits per heavy atom. The van der Waals surface area contributed by atoms with Gasteiger partial charge in [-0.05, 0) is 19.3 Å². The number of rotatable bonds is 4. The van der Waals surface area contributed by atoms with Gasteiger partial charge in [0, 0.05) is 32.6 Å². The van der Waals surface area contributed by atoms with Crippen LogP contribution in [0.5, 0.6) is 0 Å². The van der Waals surface area contributed by atoms with Crippen LogP contribution in [0.2, 0.25) is 0 Å². The maximum atomic E-state index is 12.1. The zero-order chi connectivity index (χ0) is 15.5. The molecule has 1 saturated heterocycles. The van der Waals surface area contributed by atoms with Crippen molar-refractivity contribution in [1.82, 2.24) is 15.5 Å². The second-order valence-electron chi connectivity index (χ2n) is 6.08. The zero-order valence-corrected chi connectivity index (χ0v) is 12.4. The molecule has 2 aliphatic rings. The Balaban J connectivity index is 1.82. The molecule has 1 aliphatic heterocycles. The first-order valence-corrected chi connectivity index (χ1v) is 7.46. The predicted octanol–water partition coefficient (Wildman–Crippen LogP) is 0.551. The molecule has 1 atom stereocenters. The van der Waals surface area contributed by atoms with E-state index in [1.807, 2.05) is 0 Å². The summed E-state index contributed by atoms with van der Waals surface area (Å²) < 4.78 is 0. The standard InChI is InChI=1S/C14H23N3O4/c1-10(18)16-11-4-7-17(8-11)13(21)15-9-14(12(19)20)5-2-3-6-14/h11H,2-9H2,1H3,(H,15,21)(H,16,18)(H,19,20). The molecule has 1 aliphatic carbocycles. The van der Waals surface area contributed by atoms with Gasteiger partial charge in [0.25, 0.3) is 0 Å². The first kappa shape index (κ1) is 15.6. The van der Waals surface area contributed by atoms with Crippen molar-refractivity contribution in [2.24, 2.45) is 5.41 Å². The fourth-order valence-corrected chi connectivity index (χ4v) is 3.22. The Labute approximate surface area is 124 Å². The smallest absolute Gasteiger partial charge is 0.317 e. The first-order chi connectivity index (χ1) is 9.93. The highest BCUT2D eigenvalue weighted by atomic mass is 16.4. The lowest BCUT2D eigenvalue weighted by molar-refractivity contribution is -0.148. The van der Waals surface area contributed by atoms with Crippen molar-refractivity contribution >= 4 is 17.9 Å². The molecule has 0 spiro atoms. The van der Waals surface area contributed by atoms with Gasteiger partial charge in [0.2, 0.25) is 5.91 Å². The van der Waals surface area contributed by atoms with E-state index in [0.717, 1.165) is 19.3 Å². The van der Waals surface area contributed by atoms with Gasteiger partial charge in [-0.15, -0.1) is 0 Å². The van der Waals surface area contributed by atoms with Gasteiger partial charge in [0.05, 0.1) is 5.41 Å². The van der Waals surface area contributed by atoms with Crippen molar-refractivity contribution < 1.29 is 19.5 Å². The molecule has 7 heteroatoms. The maximum absolute atomic E-state index is 12.1. The Morgan fingerprint density at radius 3 is 2.52 bits per heavy atom. The summed E-state index contributed by atoms with van der Waals surface area (Å²) in [5.41, 5.74) is -0.799. The van der Waals surface area contributed by atoms with E-state index in [2.05, 4.69) is 10.6 Å². The average Bonchev–Trinajstić information content (AvgIpc) is 3.05. The number of urea groups is 1. The fraction of sp³-hybridized carbons (Fsp3) is 0.786. The number of likely N-dealkylation sites (tertiary alicyclic amines) is 1. The minimum absolute atomic E-state index is 0.00633. The van der Waals surface area contributed by atoms with Crippen LogP contribution in [-0.4, -0.2) is 53.6 Å². The normalized spacial score (nSPS) is 23.9. The molecule has 21 heavy (non-hydrogen) atoms. The number of carbonyl (C=O) groups excluding carboxylic acids is 2. The second kappa shape index (κ2) is 6.32. The lowest BCUT2D eigenvalue weighted by Gasteiger charge is -2.26. The van der Waals surface area contributed by atoms with Crippen molar-refractivity contribution in [3.63, 3.8) is 0 Å². The van der Waals surface area contributed by atoms with Crippen LogP contribution in [0.4, 0.5) is 4.79 Å². The van der Waals surface area contributed by atoms with Crippen LogP contribution >= 0.6 is 0 Å². The number of nitrogens with one attached hydrogen (secondary N) is 2. The molecule has 2 fully saturated rings. The van der Waals surface area contributed by atoms with Crippen LogP contribution in [0.3, 0.4) is 0 Å². The lowest BCUT2D eigenvalue weighted by atomic mass is 9.86. The van der Waals surface area contributed by atoms with E-state index < -0.39 is 11.4 Å². The summed E-state index contributed by atoms with van der Waals surface area (Å²) in [5.74, 6) is -0.920. The van der Waals surface area contributed by atoms with Crippen LogP contribution in [0.25, 0.3) is 0 Å². The van der Waals surface area contributed by atoms with Crippen LogP contribution in [0, 0.1) is 5.41 Å². The molecule has 1 unspecified atom stereocenters. The molecule has 0 radical (unpaired) electrons. The largest absolute Gasteiger partial charge is 0.481 e. The van der Waals surface area contributed by atoms with Crippen LogP contribution in [-0.2, 0) is 9.59 Å². The molecular formula is C14H23N3O4. The minimum Gasteiger partial charge on any atom is -0.481 e. The van der Waals surface area contributed by atoms with Gasteiger partial charge in [-0.1, -0.05) is 12.8 Å². The Bertz CT molecular complexity index is 432. The van der Waals surface area contributed by atoms with Gasteiger partial charge in [0.1, 0.15) is 0 Å². The van der Waals surface area contributed by atoms with Gasteiger partial charge in [0.15, 0.2) is 0 Å². The van der Waals surface area contributed by atoms with Gasteiger partial charge in [-0.2, -0.15) is 0 Å². The Kier molecular flexibility index (Phi) is 4.69. The summed E-state index contributed by atoms with van der Waals surface area (Å²) in [6.07, 6.45) is 3.78. The quantitative estimate of drug-likeness (QED) is 0.705. The maximum Gasteiger partial charge on any atom is 0.317 e. The summed E-state index contributed by atoms with van der Waals surface area (Å²) >= 11 is 0. The van der Waals surface area contributed by atoms with E-state index in [1.54, 1.807) is 4.90 Å². The lowest BCUT2D eigenvalue weighted by Crippen LogP contribution is -2.47.